The Morgan fingerprint density at radius 1 is 1.10 bits per heavy atom. The Balaban J connectivity index is 1.75. The largest absolute Gasteiger partial charge is 0.444 e. The monoisotopic (exact) mass is 419 g/mol. The van der Waals surface area contributed by atoms with Crippen molar-refractivity contribution >= 4 is 17.1 Å². The van der Waals surface area contributed by atoms with Gasteiger partial charge in [-0.25, -0.2) is 9.78 Å². The van der Waals surface area contributed by atoms with Crippen molar-refractivity contribution in [1.82, 2.24) is 14.5 Å². The summed E-state index contributed by atoms with van der Waals surface area (Å²) in [6.07, 6.45) is 2.92. The lowest BCUT2D eigenvalue weighted by molar-refractivity contribution is 0.0223. The fourth-order valence-electron chi connectivity index (χ4n) is 4.06. The molecule has 1 aliphatic heterocycles. The van der Waals surface area contributed by atoms with E-state index >= 15 is 0 Å². The number of hydrogen-bond acceptors (Lipinski definition) is 4. The SMILES string of the molecule is CCc1ccc(Cn2c(=O)c3c(c4cccnc42)CCN(C(=O)OC(C)(C)C)C3)cc1. The van der Waals surface area contributed by atoms with E-state index in [9.17, 15) is 9.59 Å². The molecular formula is C25H29N3O3. The molecule has 2 aromatic heterocycles. The van der Waals surface area contributed by atoms with Crippen molar-refractivity contribution in [2.75, 3.05) is 6.54 Å². The number of aryl methyl sites for hydroxylation is 1. The number of nitrogens with zero attached hydrogens (tertiary/aromatic N) is 3. The average molecular weight is 420 g/mol. The molecule has 0 radical (unpaired) electrons. The number of ether oxygens (including phenoxy) is 1. The van der Waals surface area contributed by atoms with Gasteiger partial charge in [-0.1, -0.05) is 31.2 Å². The molecule has 6 heteroatoms. The Labute approximate surface area is 182 Å². The van der Waals surface area contributed by atoms with E-state index in [0.717, 1.165) is 22.9 Å². The summed E-state index contributed by atoms with van der Waals surface area (Å²) in [5, 5.41) is 0.978. The molecular weight excluding hydrogens is 390 g/mol. The first-order valence-electron chi connectivity index (χ1n) is 10.8. The molecule has 1 aliphatic rings. The second kappa shape index (κ2) is 8.17. The number of carbonyl (C=O) groups is 1. The molecule has 0 atom stereocenters. The van der Waals surface area contributed by atoms with Crippen molar-refractivity contribution in [1.29, 1.82) is 0 Å². The lowest BCUT2D eigenvalue weighted by Gasteiger charge is -2.31. The molecule has 1 amide bonds. The molecule has 4 rings (SSSR count). The minimum atomic E-state index is -0.574. The van der Waals surface area contributed by atoms with Crippen molar-refractivity contribution in [3.63, 3.8) is 0 Å². The van der Waals surface area contributed by atoms with Gasteiger partial charge in [0, 0.05) is 23.7 Å². The van der Waals surface area contributed by atoms with E-state index in [1.165, 1.54) is 5.56 Å². The van der Waals surface area contributed by atoms with Crippen molar-refractivity contribution < 1.29 is 9.53 Å². The van der Waals surface area contributed by atoms with Gasteiger partial charge in [0.2, 0.25) is 0 Å². The molecule has 0 N–H and O–H groups in total. The Bertz CT molecular complexity index is 1170. The van der Waals surface area contributed by atoms with Crippen LogP contribution < -0.4 is 5.56 Å². The maximum absolute atomic E-state index is 13.6. The molecule has 0 spiro atoms. The van der Waals surface area contributed by atoms with Gasteiger partial charge < -0.3 is 9.64 Å². The maximum Gasteiger partial charge on any atom is 0.410 e. The molecule has 0 unspecified atom stereocenters. The number of pyridine rings is 2. The van der Waals surface area contributed by atoms with Crippen LogP contribution in [-0.2, 0) is 30.7 Å². The van der Waals surface area contributed by atoms with E-state index in [1.807, 2.05) is 32.9 Å². The summed E-state index contributed by atoms with van der Waals surface area (Å²) in [5.41, 5.74) is 3.98. The smallest absolute Gasteiger partial charge is 0.410 e. The second-order valence-corrected chi connectivity index (χ2v) is 9.04. The van der Waals surface area contributed by atoms with Gasteiger partial charge in [0.15, 0.2) is 0 Å². The lowest BCUT2D eigenvalue weighted by Crippen LogP contribution is -2.43. The van der Waals surface area contributed by atoms with Gasteiger partial charge >= 0.3 is 6.09 Å². The third-order valence-corrected chi connectivity index (χ3v) is 5.64. The highest BCUT2D eigenvalue weighted by atomic mass is 16.6. The van der Waals surface area contributed by atoms with E-state index in [2.05, 4.69) is 36.2 Å². The Kier molecular flexibility index (Phi) is 5.56. The van der Waals surface area contributed by atoms with Gasteiger partial charge in [0.05, 0.1) is 13.1 Å². The van der Waals surface area contributed by atoms with E-state index in [-0.39, 0.29) is 18.2 Å². The average Bonchev–Trinajstić information content (AvgIpc) is 2.75. The van der Waals surface area contributed by atoms with Crippen LogP contribution in [0.4, 0.5) is 4.79 Å². The lowest BCUT2D eigenvalue weighted by atomic mass is 9.97. The highest BCUT2D eigenvalue weighted by Crippen LogP contribution is 2.25. The summed E-state index contributed by atoms with van der Waals surface area (Å²) in [6, 6.07) is 12.2. The zero-order chi connectivity index (χ0) is 22.2. The summed E-state index contributed by atoms with van der Waals surface area (Å²) >= 11 is 0. The molecule has 3 heterocycles. The zero-order valence-corrected chi connectivity index (χ0v) is 18.6. The number of benzene rings is 1. The van der Waals surface area contributed by atoms with Crippen LogP contribution >= 0.6 is 0 Å². The highest BCUT2D eigenvalue weighted by molar-refractivity contribution is 5.81. The van der Waals surface area contributed by atoms with Crippen LogP contribution in [0.2, 0.25) is 0 Å². The molecule has 0 fully saturated rings. The minimum absolute atomic E-state index is 0.0889. The van der Waals surface area contributed by atoms with Gasteiger partial charge in [0.25, 0.3) is 5.56 Å². The van der Waals surface area contributed by atoms with Crippen molar-refractivity contribution in [2.24, 2.45) is 0 Å². The van der Waals surface area contributed by atoms with E-state index in [1.54, 1.807) is 15.7 Å². The van der Waals surface area contributed by atoms with E-state index in [0.29, 0.717) is 30.7 Å². The molecule has 6 nitrogen and oxygen atoms in total. The predicted octanol–water partition coefficient (Wildman–Crippen LogP) is 4.30. The molecule has 0 saturated carbocycles. The van der Waals surface area contributed by atoms with E-state index < -0.39 is 5.60 Å². The van der Waals surface area contributed by atoms with Gasteiger partial charge in [-0.05, 0) is 62.4 Å². The summed E-state index contributed by atoms with van der Waals surface area (Å²) in [5.74, 6) is 0. The number of rotatable bonds is 3. The number of amides is 1. The second-order valence-electron chi connectivity index (χ2n) is 9.04. The zero-order valence-electron chi connectivity index (χ0n) is 18.6. The van der Waals surface area contributed by atoms with Crippen LogP contribution in [0, 0.1) is 0 Å². The molecule has 31 heavy (non-hydrogen) atoms. The number of aromatic nitrogens is 2. The van der Waals surface area contributed by atoms with Crippen LogP contribution in [-0.4, -0.2) is 32.7 Å². The molecule has 0 saturated heterocycles. The van der Waals surface area contributed by atoms with Crippen LogP contribution in [0.15, 0.2) is 47.4 Å². The van der Waals surface area contributed by atoms with Crippen molar-refractivity contribution in [3.05, 3.63) is 75.2 Å². The van der Waals surface area contributed by atoms with Crippen molar-refractivity contribution in [2.45, 2.75) is 59.2 Å². The standard InChI is InChI=1S/C25H29N3O3/c1-5-17-8-10-18(11-9-17)15-28-22-20(7-6-13-26-22)19-12-14-27(16-21(19)23(28)29)24(30)31-25(2,3)4/h6-11,13H,5,12,14-16H2,1-4H3. The van der Waals surface area contributed by atoms with Gasteiger partial charge in [-0.15, -0.1) is 0 Å². The Hall–Kier alpha value is -3.15. The summed E-state index contributed by atoms with van der Waals surface area (Å²) in [7, 11) is 0. The molecule has 3 aromatic rings. The predicted molar refractivity (Wildman–Crippen MR) is 121 cm³/mol. The summed E-state index contributed by atoms with van der Waals surface area (Å²) < 4.78 is 7.26. The first-order valence-corrected chi connectivity index (χ1v) is 10.8. The highest BCUT2D eigenvalue weighted by Gasteiger charge is 2.29. The van der Waals surface area contributed by atoms with Gasteiger partial charge in [-0.3, -0.25) is 9.36 Å². The van der Waals surface area contributed by atoms with Crippen molar-refractivity contribution in [3.8, 4) is 0 Å². The molecule has 0 bridgehead atoms. The van der Waals surface area contributed by atoms with Crippen LogP contribution in [0.5, 0.6) is 0 Å². The Morgan fingerprint density at radius 2 is 1.81 bits per heavy atom. The Morgan fingerprint density at radius 3 is 2.48 bits per heavy atom. The molecule has 162 valence electrons. The third kappa shape index (κ3) is 4.33. The number of hydrogen-bond donors (Lipinski definition) is 0. The molecule has 1 aromatic carbocycles. The first kappa shape index (κ1) is 21.1. The maximum atomic E-state index is 13.6. The molecule has 0 aliphatic carbocycles. The summed E-state index contributed by atoms with van der Waals surface area (Å²) in [4.78, 5) is 32.3. The quantitative estimate of drug-likeness (QED) is 0.635. The fourth-order valence-corrected chi connectivity index (χ4v) is 4.06. The first-order chi connectivity index (χ1) is 14.8. The van der Waals surface area contributed by atoms with Crippen LogP contribution in [0.1, 0.15) is 49.9 Å². The van der Waals surface area contributed by atoms with E-state index in [4.69, 9.17) is 4.74 Å². The third-order valence-electron chi connectivity index (χ3n) is 5.64. The van der Waals surface area contributed by atoms with Gasteiger partial charge in [0.1, 0.15) is 11.2 Å². The van der Waals surface area contributed by atoms with Crippen LogP contribution in [0.25, 0.3) is 11.0 Å². The fraction of sp³-hybridized carbons (Fsp3) is 0.400. The van der Waals surface area contributed by atoms with Crippen LogP contribution in [0.3, 0.4) is 0 Å². The topological polar surface area (TPSA) is 64.4 Å². The number of carbonyl (C=O) groups excluding carboxylic acids is 1. The summed E-state index contributed by atoms with van der Waals surface area (Å²) in [6.45, 7) is 8.87. The number of fused-ring (bicyclic) bond motifs is 3. The normalized spacial score (nSPS) is 13.9. The van der Waals surface area contributed by atoms with Gasteiger partial charge in [-0.2, -0.15) is 0 Å². The minimum Gasteiger partial charge on any atom is -0.444 e.